The Kier molecular flexibility index (Phi) is 3.65. The van der Waals surface area contributed by atoms with Crippen LogP contribution in [0.2, 0.25) is 0 Å². The molecule has 0 spiro atoms. The highest BCUT2D eigenvalue weighted by molar-refractivity contribution is 5.92. The lowest BCUT2D eigenvalue weighted by molar-refractivity contribution is -0.123. The van der Waals surface area contributed by atoms with Gasteiger partial charge in [0.05, 0.1) is 12.5 Å². The van der Waals surface area contributed by atoms with E-state index >= 15 is 0 Å². The molecule has 1 saturated carbocycles. The summed E-state index contributed by atoms with van der Waals surface area (Å²) in [5.74, 6) is 0.890. The molecule has 2 aromatic rings. The molecule has 2 aromatic carbocycles. The van der Waals surface area contributed by atoms with Gasteiger partial charge < -0.3 is 10.1 Å². The van der Waals surface area contributed by atoms with Crippen LogP contribution in [-0.4, -0.2) is 13.0 Å². The van der Waals surface area contributed by atoms with E-state index in [9.17, 15) is 4.79 Å². The molecule has 0 aromatic heterocycles. The Labute approximate surface area is 124 Å². The summed E-state index contributed by atoms with van der Waals surface area (Å²) < 4.78 is 5.40. The number of carbonyl (C=O) groups is 1. The minimum absolute atomic E-state index is 0.0934. The third-order valence-corrected chi connectivity index (χ3v) is 4.10. The zero-order valence-electron chi connectivity index (χ0n) is 12.1. The van der Waals surface area contributed by atoms with Gasteiger partial charge in [-0.15, -0.1) is 0 Å². The van der Waals surface area contributed by atoms with Crippen LogP contribution in [-0.2, 0) is 16.8 Å². The van der Waals surface area contributed by atoms with E-state index in [2.05, 4.69) is 5.32 Å². The van der Waals surface area contributed by atoms with Crippen LogP contribution in [0.15, 0.2) is 54.6 Å². The molecule has 1 fully saturated rings. The highest BCUT2D eigenvalue weighted by Crippen LogP contribution is 2.51. The highest BCUT2D eigenvalue weighted by Gasteiger charge is 2.52. The summed E-state index contributed by atoms with van der Waals surface area (Å²) >= 11 is 0. The van der Waals surface area contributed by atoms with Gasteiger partial charge in [0, 0.05) is 12.1 Å². The molecule has 3 heteroatoms. The molecule has 21 heavy (non-hydrogen) atoms. The first-order valence-corrected chi connectivity index (χ1v) is 7.22. The highest BCUT2D eigenvalue weighted by atomic mass is 16.5. The summed E-state index contributed by atoms with van der Waals surface area (Å²) in [7, 11) is 1.65. The Hall–Kier alpha value is -2.29. The van der Waals surface area contributed by atoms with Crippen LogP contribution in [0.5, 0.6) is 5.75 Å². The van der Waals surface area contributed by atoms with Crippen molar-refractivity contribution in [1.29, 1.82) is 0 Å². The SMILES string of the molecule is COc1ccccc1C1(C(=O)NCc2ccccc2)CC1. The van der Waals surface area contributed by atoms with Gasteiger partial charge in [-0.3, -0.25) is 4.79 Å². The number of para-hydroxylation sites is 1. The summed E-state index contributed by atoms with van der Waals surface area (Å²) in [4.78, 5) is 12.6. The summed E-state index contributed by atoms with van der Waals surface area (Å²) in [6.45, 7) is 0.566. The minimum Gasteiger partial charge on any atom is -0.496 e. The molecule has 1 aliphatic carbocycles. The zero-order chi connectivity index (χ0) is 14.7. The fourth-order valence-corrected chi connectivity index (χ4v) is 2.73. The third-order valence-electron chi connectivity index (χ3n) is 4.10. The molecule has 3 nitrogen and oxygen atoms in total. The van der Waals surface area contributed by atoms with Crippen LogP contribution in [0.3, 0.4) is 0 Å². The van der Waals surface area contributed by atoms with Crippen molar-refractivity contribution < 1.29 is 9.53 Å². The van der Waals surface area contributed by atoms with Crippen molar-refractivity contribution in [1.82, 2.24) is 5.32 Å². The maximum Gasteiger partial charge on any atom is 0.231 e. The Morgan fingerprint density at radius 1 is 1.10 bits per heavy atom. The average molecular weight is 281 g/mol. The maximum absolute atomic E-state index is 12.6. The first-order chi connectivity index (χ1) is 10.3. The molecular formula is C18H19NO2. The topological polar surface area (TPSA) is 38.3 Å². The number of hydrogen-bond donors (Lipinski definition) is 1. The molecule has 0 saturated heterocycles. The molecule has 0 unspecified atom stereocenters. The van der Waals surface area contributed by atoms with E-state index in [4.69, 9.17) is 4.74 Å². The molecule has 1 amide bonds. The summed E-state index contributed by atoms with van der Waals surface area (Å²) in [5.41, 5.74) is 1.71. The van der Waals surface area contributed by atoms with Crippen LogP contribution < -0.4 is 10.1 Å². The molecule has 0 radical (unpaired) electrons. The van der Waals surface area contributed by atoms with E-state index < -0.39 is 5.41 Å². The van der Waals surface area contributed by atoms with Gasteiger partial charge in [0.25, 0.3) is 0 Å². The molecule has 108 valence electrons. The van der Waals surface area contributed by atoms with E-state index in [0.717, 1.165) is 29.7 Å². The molecule has 0 heterocycles. The average Bonchev–Trinajstić information content (AvgIpc) is 3.35. The van der Waals surface area contributed by atoms with Gasteiger partial charge in [-0.2, -0.15) is 0 Å². The normalized spacial score (nSPS) is 15.3. The van der Waals surface area contributed by atoms with Gasteiger partial charge >= 0.3 is 0 Å². The van der Waals surface area contributed by atoms with E-state index in [1.165, 1.54) is 0 Å². The monoisotopic (exact) mass is 281 g/mol. The summed E-state index contributed by atoms with van der Waals surface area (Å²) in [6, 6.07) is 17.8. The van der Waals surface area contributed by atoms with E-state index in [-0.39, 0.29) is 5.91 Å². The second-order valence-electron chi connectivity index (χ2n) is 5.45. The van der Waals surface area contributed by atoms with Gasteiger partial charge in [-0.25, -0.2) is 0 Å². The molecule has 0 atom stereocenters. The van der Waals surface area contributed by atoms with E-state index in [1.54, 1.807) is 7.11 Å². The standard InChI is InChI=1S/C18H19NO2/c1-21-16-10-6-5-9-15(16)18(11-12-18)17(20)19-13-14-7-3-2-4-8-14/h2-10H,11-13H2,1H3,(H,19,20). The van der Waals surface area contributed by atoms with Gasteiger partial charge in [0.2, 0.25) is 5.91 Å². The van der Waals surface area contributed by atoms with Crippen molar-refractivity contribution in [3.8, 4) is 5.75 Å². The smallest absolute Gasteiger partial charge is 0.231 e. The number of hydrogen-bond acceptors (Lipinski definition) is 2. The van der Waals surface area contributed by atoms with E-state index in [1.807, 2.05) is 54.6 Å². The maximum atomic E-state index is 12.6. The Balaban J connectivity index is 1.75. The molecule has 1 aliphatic rings. The van der Waals surface area contributed by atoms with Crippen LogP contribution >= 0.6 is 0 Å². The molecule has 0 bridgehead atoms. The number of amides is 1. The Bertz CT molecular complexity index is 633. The molecule has 0 aliphatic heterocycles. The lowest BCUT2D eigenvalue weighted by atomic mass is 9.94. The van der Waals surface area contributed by atoms with Gasteiger partial charge in [-0.1, -0.05) is 48.5 Å². The quantitative estimate of drug-likeness (QED) is 0.914. The lowest BCUT2D eigenvalue weighted by Gasteiger charge is -2.18. The summed E-state index contributed by atoms with van der Waals surface area (Å²) in [6.07, 6.45) is 1.77. The van der Waals surface area contributed by atoms with Crippen molar-refractivity contribution >= 4 is 5.91 Å². The largest absolute Gasteiger partial charge is 0.496 e. The van der Waals surface area contributed by atoms with Gasteiger partial charge in [0.15, 0.2) is 0 Å². The molecule has 1 N–H and O–H groups in total. The minimum atomic E-state index is -0.401. The van der Waals surface area contributed by atoms with Crippen molar-refractivity contribution in [2.75, 3.05) is 7.11 Å². The second kappa shape index (κ2) is 5.60. The predicted octanol–water partition coefficient (Wildman–Crippen LogP) is 3.04. The second-order valence-corrected chi connectivity index (χ2v) is 5.45. The van der Waals surface area contributed by atoms with Crippen LogP contribution in [0.25, 0.3) is 0 Å². The van der Waals surface area contributed by atoms with Crippen molar-refractivity contribution in [3.63, 3.8) is 0 Å². The van der Waals surface area contributed by atoms with Crippen LogP contribution in [0.4, 0.5) is 0 Å². The van der Waals surface area contributed by atoms with Gasteiger partial charge in [-0.05, 0) is 24.5 Å². The predicted molar refractivity (Wildman–Crippen MR) is 82.2 cm³/mol. The third kappa shape index (κ3) is 2.64. The first kappa shape index (κ1) is 13.7. The van der Waals surface area contributed by atoms with Gasteiger partial charge in [0.1, 0.15) is 5.75 Å². The fourth-order valence-electron chi connectivity index (χ4n) is 2.73. The number of carbonyl (C=O) groups excluding carboxylic acids is 1. The van der Waals surface area contributed by atoms with E-state index in [0.29, 0.717) is 6.54 Å². The van der Waals surface area contributed by atoms with Crippen molar-refractivity contribution in [2.45, 2.75) is 24.8 Å². The van der Waals surface area contributed by atoms with Crippen molar-refractivity contribution in [3.05, 3.63) is 65.7 Å². The Morgan fingerprint density at radius 3 is 2.43 bits per heavy atom. The molecular weight excluding hydrogens is 262 g/mol. The zero-order valence-corrected chi connectivity index (χ0v) is 12.1. The van der Waals surface area contributed by atoms with Crippen molar-refractivity contribution in [2.24, 2.45) is 0 Å². The first-order valence-electron chi connectivity index (χ1n) is 7.22. The number of ether oxygens (including phenoxy) is 1. The van der Waals surface area contributed by atoms with Crippen LogP contribution in [0, 0.1) is 0 Å². The number of methoxy groups -OCH3 is 1. The number of nitrogens with one attached hydrogen (secondary N) is 1. The lowest BCUT2D eigenvalue weighted by Crippen LogP contribution is -2.34. The van der Waals surface area contributed by atoms with Crippen LogP contribution in [0.1, 0.15) is 24.0 Å². The number of rotatable bonds is 5. The number of benzene rings is 2. The summed E-state index contributed by atoms with van der Waals surface area (Å²) in [5, 5.41) is 3.06. The Morgan fingerprint density at radius 2 is 1.76 bits per heavy atom. The molecule has 3 rings (SSSR count). The fraction of sp³-hybridized carbons (Fsp3) is 0.278.